The quantitative estimate of drug-likeness (QED) is 0.648. The lowest BCUT2D eigenvalue weighted by atomic mass is 10.1. The summed E-state index contributed by atoms with van der Waals surface area (Å²) in [5.74, 6) is 0.837. The Bertz CT molecular complexity index is 778. The van der Waals surface area contributed by atoms with Gasteiger partial charge in [0.1, 0.15) is 11.8 Å². The monoisotopic (exact) mass is 339 g/mol. The SMILES string of the molecule is CCNC(c1cc2cccc(Cl)c2o1)c1scc(C)c1Cl. The number of hydrogen-bond acceptors (Lipinski definition) is 3. The molecule has 2 aromatic heterocycles. The van der Waals surface area contributed by atoms with Gasteiger partial charge in [-0.25, -0.2) is 0 Å². The second-order valence-electron chi connectivity index (χ2n) is 4.89. The van der Waals surface area contributed by atoms with Crippen molar-refractivity contribution in [2.75, 3.05) is 6.54 Å². The Kier molecular flexibility index (Phi) is 4.27. The molecule has 0 saturated carbocycles. The number of benzene rings is 1. The van der Waals surface area contributed by atoms with E-state index < -0.39 is 0 Å². The molecule has 0 aliphatic heterocycles. The molecule has 1 unspecified atom stereocenters. The fourth-order valence-corrected chi connectivity index (χ4v) is 3.96. The summed E-state index contributed by atoms with van der Waals surface area (Å²) in [6.45, 7) is 4.90. The summed E-state index contributed by atoms with van der Waals surface area (Å²) in [5, 5.41) is 7.94. The maximum atomic E-state index is 6.42. The Morgan fingerprint density at radius 1 is 1.33 bits per heavy atom. The van der Waals surface area contributed by atoms with Gasteiger partial charge in [-0.2, -0.15) is 0 Å². The highest BCUT2D eigenvalue weighted by Gasteiger charge is 2.23. The van der Waals surface area contributed by atoms with E-state index in [4.69, 9.17) is 27.6 Å². The van der Waals surface area contributed by atoms with Crippen molar-refractivity contribution in [1.82, 2.24) is 5.32 Å². The first-order valence-electron chi connectivity index (χ1n) is 6.76. The van der Waals surface area contributed by atoms with Crippen LogP contribution in [-0.2, 0) is 0 Å². The zero-order chi connectivity index (χ0) is 15.0. The van der Waals surface area contributed by atoms with E-state index in [1.165, 1.54) is 0 Å². The van der Waals surface area contributed by atoms with Crippen LogP contribution in [0.5, 0.6) is 0 Å². The van der Waals surface area contributed by atoms with Gasteiger partial charge in [-0.1, -0.05) is 42.3 Å². The Hall–Kier alpha value is -1.00. The summed E-state index contributed by atoms with van der Waals surface area (Å²) in [4.78, 5) is 1.08. The molecule has 110 valence electrons. The number of aryl methyl sites for hydroxylation is 1. The summed E-state index contributed by atoms with van der Waals surface area (Å²) in [6, 6.07) is 7.74. The predicted molar refractivity (Wildman–Crippen MR) is 90.8 cm³/mol. The molecule has 0 radical (unpaired) electrons. The van der Waals surface area contributed by atoms with E-state index in [1.807, 2.05) is 31.2 Å². The fraction of sp³-hybridized carbons (Fsp3) is 0.250. The number of rotatable bonds is 4. The number of fused-ring (bicyclic) bond motifs is 1. The van der Waals surface area contributed by atoms with Crippen molar-refractivity contribution in [3.63, 3.8) is 0 Å². The summed E-state index contributed by atoms with van der Waals surface area (Å²) in [5.41, 5.74) is 1.81. The largest absolute Gasteiger partial charge is 0.457 e. The highest BCUT2D eigenvalue weighted by atomic mass is 35.5. The molecule has 0 spiro atoms. The lowest BCUT2D eigenvalue weighted by Gasteiger charge is -2.14. The van der Waals surface area contributed by atoms with E-state index >= 15 is 0 Å². The number of halogens is 2. The maximum absolute atomic E-state index is 6.42. The average Bonchev–Trinajstić information content (AvgIpc) is 3.03. The van der Waals surface area contributed by atoms with Crippen LogP contribution in [-0.4, -0.2) is 6.54 Å². The number of furan rings is 1. The van der Waals surface area contributed by atoms with E-state index in [9.17, 15) is 0 Å². The second kappa shape index (κ2) is 6.01. The van der Waals surface area contributed by atoms with Crippen LogP contribution in [0.2, 0.25) is 10.0 Å². The molecule has 21 heavy (non-hydrogen) atoms. The molecular weight excluding hydrogens is 325 g/mol. The first-order valence-corrected chi connectivity index (χ1v) is 8.40. The zero-order valence-electron chi connectivity index (χ0n) is 11.7. The van der Waals surface area contributed by atoms with Gasteiger partial charge < -0.3 is 9.73 Å². The summed E-state index contributed by atoms with van der Waals surface area (Å²) >= 11 is 14.3. The molecule has 2 nitrogen and oxygen atoms in total. The van der Waals surface area contributed by atoms with Gasteiger partial charge in [0.2, 0.25) is 0 Å². The fourth-order valence-electron chi connectivity index (χ4n) is 2.36. The van der Waals surface area contributed by atoms with Gasteiger partial charge in [-0.3, -0.25) is 0 Å². The maximum Gasteiger partial charge on any atom is 0.152 e. The third kappa shape index (κ3) is 2.71. The number of hydrogen-bond donors (Lipinski definition) is 1. The van der Waals surface area contributed by atoms with Crippen LogP contribution >= 0.6 is 34.5 Å². The van der Waals surface area contributed by atoms with Crippen LogP contribution in [0.25, 0.3) is 11.0 Å². The molecule has 3 aromatic rings. The lowest BCUT2D eigenvalue weighted by molar-refractivity contribution is 0.481. The third-order valence-corrected chi connectivity index (χ3v) is 5.47. The van der Waals surface area contributed by atoms with Crippen LogP contribution in [0.1, 0.15) is 29.2 Å². The molecule has 0 amide bonds. The van der Waals surface area contributed by atoms with E-state index in [0.29, 0.717) is 5.02 Å². The standard InChI is InChI=1S/C16H15Cl2NOS/c1-3-19-14(16-13(18)9(2)8-21-16)12-7-10-5-4-6-11(17)15(10)20-12/h4-8,14,19H,3H2,1-2H3. The summed E-state index contributed by atoms with van der Waals surface area (Å²) in [7, 11) is 0. The minimum absolute atomic E-state index is 0.0512. The predicted octanol–water partition coefficient (Wildman–Crippen LogP) is 5.81. The highest BCUT2D eigenvalue weighted by Crippen LogP contribution is 2.38. The number of para-hydroxylation sites is 1. The van der Waals surface area contributed by atoms with Gasteiger partial charge in [0, 0.05) is 10.3 Å². The van der Waals surface area contributed by atoms with E-state index in [1.54, 1.807) is 11.3 Å². The van der Waals surface area contributed by atoms with Crippen molar-refractivity contribution in [3.05, 3.63) is 55.9 Å². The topological polar surface area (TPSA) is 25.2 Å². The van der Waals surface area contributed by atoms with Crippen molar-refractivity contribution in [3.8, 4) is 0 Å². The summed E-state index contributed by atoms with van der Waals surface area (Å²) in [6.07, 6.45) is 0. The normalized spacial score (nSPS) is 13.0. The molecule has 0 bridgehead atoms. The Morgan fingerprint density at radius 3 is 2.76 bits per heavy atom. The van der Waals surface area contributed by atoms with Gasteiger partial charge in [-0.15, -0.1) is 11.3 Å². The van der Waals surface area contributed by atoms with E-state index in [-0.39, 0.29) is 6.04 Å². The molecule has 1 atom stereocenters. The Labute approximate surface area is 137 Å². The molecule has 0 aliphatic carbocycles. The van der Waals surface area contributed by atoms with Gasteiger partial charge in [0.15, 0.2) is 5.58 Å². The highest BCUT2D eigenvalue weighted by molar-refractivity contribution is 7.10. The summed E-state index contributed by atoms with van der Waals surface area (Å²) < 4.78 is 5.99. The third-order valence-electron chi connectivity index (χ3n) is 3.40. The molecule has 0 saturated heterocycles. The van der Waals surface area contributed by atoms with Crippen molar-refractivity contribution in [2.45, 2.75) is 19.9 Å². The molecule has 0 fully saturated rings. The van der Waals surface area contributed by atoms with E-state index in [2.05, 4.69) is 17.6 Å². The van der Waals surface area contributed by atoms with Crippen LogP contribution in [0.3, 0.4) is 0 Å². The van der Waals surface area contributed by atoms with Crippen molar-refractivity contribution < 1.29 is 4.42 Å². The van der Waals surface area contributed by atoms with Crippen LogP contribution < -0.4 is 5.32 Å². The molecule has 1 aromatic carbocycles. The molecule has 3 rings (SSSR count). The zero-order valence-corrected chi connectivity index (χ0v) is 14.1. The van der Waals surface area contributed by atoms with E-state index in [0.717, 1.165) is 38.7 Å². The van der Waals surface area contributed by atoms with Gasteiger partial charge in [-0.05, 0) is 36.5 Å². The minimum Gasteiger partial charge on any atom is -0.457 e. The molecule has 5 heteroatoms. The van der Waals surface area contributed by atoms with Crippen molar-refractivity contribution in [1.29, 1.82) is 0 Å². The van der Waals surface area contributed by atoms with Gasteiger partial charge in [0.25, 0.3) is 0 Å². The molecule has 0 aliphatic rings. The van der Waals surface area contributed by atoms with Crippen LogP contribution in [0.15, 0.2) is 34.1 Å². The minimum atomic E-state index is -0.0512. The molecular formula is C16H15Cl2NOS. The van der Waals surface area contributed by atoms with Crippen molar-refractivity contribution in [2.24, 2.45) is 0 Å². The average molecular weight is 340 g/mol. The smallest absolute Gasteiger partial charge is 0.152 e. The Morgan fingerprint density at radius 2 is 2.14 bits per heavy atom. The Balaban J connectivity index is 2.11. The van der Waals surface area contributed by atoms with Crippen LogP contribution in [0.4, 0.5) is 0 Å². The molecule has 2 heterocycles. The number of nitrogens with one attached hydrogen (secondary N) is 1. The van der Waals surface area contributed by atoms with Gasteiger partial charge in [0.05, 0.1) is 10.0 Å². The molecule has 1 N–H and O–H groups in total. The van der Waals surface area contributed by atoms with Gasteiger partial charge >= 0.3 is 0 Å². The second-order valence-corrected chi connectivity index (χ2v) is 6.59. The van der Waals surface area contributed by atoms with Crippen molar-refractivity contribution >= 4 is 45.5 Å². The first-order chi connectivity index (χ1) is 10.1. The first kappa shape index (κ1) is 14.9. The lowest BCUT2D eigenvalue weighted by Crippen LogP contribution is -2.20. The van der Waals surface area contributed by atoms with Crippen LogP contribution in [0, 0.1) is 6.92 Å². The number of thiophene rings is 1.